The number of nitrogens with zero attached hydrogens (tertiary/aromatic N) is 7. The van der Waals surface area contributed by atoms with E-state index in [0.717, 1.165) is 28.7 Å². The van der Waals surface area contributed by atoms with E-state index in [4.69, 9.17) is 4.98 Å². The van der Waals surface area contributed by atoms with Crippen molar-refractivity contribution in [2.75, 3.05) is 0 Å². The highest BCUT2D eigenvalue weighted by Gasteiger charge is 2.33. The number of aromatic nitrogens is 6. The number of nitro groups is 1. The molecule has 9 nitrogen and oxygen atoms in total. The number of fused-ring (bicyclic) bond motifs is 5. The number of thiophene rings is 1. The predicted octanol–water partition coefficient (Wildman–Crippen LogP) is 4.59. The number of hydrogen-bond donors (Lipinski definition) is 0. The third kappa shape index (κ3) is 3.20. The van der Waals surface area contributed by atoms with Crippen molar-refractivity contribution in [3.63, 3.8) is 0 Å². The summed E-state index contributed by atoms with van der Waals surface area (Å²) in [6, 6.07) is -0.326. The lowest BCUT2D eigenvalue weighted by Gasteiger charge is -2.36. The molecule has 1 aliphatic carbocycles. The first-order valence-electron chi connectivity index (χ1n) is 10.6. The monoisotopic (exact) mass is 439 g/mol. The van der Waals surface area contributed by atoms with Gasteiger partial charge in [-0.1, -0.05) is 27.2 Å². The fraction of sp³-hybridized carbons (Fsp3) is 0.524. The molecule has 0 fully saturated rings. The summed E-state index contributed by atoms with van der Waals surface area (Å²) >= 11 is 1.78. The molecule has 4 aromatic rings. The second kappa shape index (κ2) is 7.08. The van der Waals surface area contributed by atoms with Crippen molar-refractivity contribution in [2.24, 2.45) is 11.3 Å². The predicted molar refractivity (Wildman–Crippen MR) is 118 cm³/mol. The average Bonchev–Trinajstić information content (AvgIpc) is 3.47. The molecule has 2 unspecified atom stereocenters. The van der Waals surface area contributed by atoms with Crippen LogP contribution in [-0.2, 0) is 12.8 Å². The van der Waals surface area contributed by atoms with Crippen LogP contribution in [0.3, 0.4) is 0 Å². The molecular formula is C21H25N7O2S. The zero-order valence-electron chi connectivity index (χ0n) is 18.1. The summed E-state index contributed by atoms with van der Waals surface area (Å²) in [5.74, 6) is 1.24. The van der Waals surface area contributed by atoms with Gasteiger partial charge in [0.25, 0.3) is 0 Å². The smallest absolute Gasteiger partial charge is 0.258 e. The van der Waals surface area contributed by atoms with Crippen LogP contribution in [0.25, 0.3) is 15.9 Å². The molecule has 31 heavy (non-hydrogen) atoms. The molecule has 5 rings (SSSR count). The van der Waals surface area contributed by atoms with Gasteiger partial charge in [-0.25, -0.2) is 14.5 Å². The van der Waals surface area contributed by atoms with Gasteiger partial charge >= 0.3 is 5.69 Å². The summed E-state index contributed by atoms with van der Waals surface area (Å²) in [6.07, 6.45) is 8.85. The quantitative estimate of drug-likeness (QED) is 0.333. The minimum Gasteiger partial charge on any atom is -0.258 e. The minimum absolute atomic E-state index is 0.0452. The van der Waals surface area contributed by atoms with Crippen LogP contribution in [0.4, 0.5) is 5.69 Å². The van der Waals surface area contributed by atoms with E-state index in [0.29, 0.717) is 17.2 Å². The fourth-order valence-electron chi connectivity index (χ4n) is 4.48. The summed E-state index contributed by atoms with van der Waals surface area (Å²) in [4.78, 5) is 22.4. The van der Waals surface area contributed by atoms with Crippen LogP contribution in [0.15, 0.2) is 18.7 Å². The van der Waals surface area contributed by atoms with Gasteiger partial charge in [0.05, 0.1) is 10.3 Å². The fourth-order valence-corrected chi connectivity index (χ4v) is 5.74. The molecule has 0 saturated heterocycles. The highest BCUT2D eigenvalue weighted by atomic mass is 32.1. The van der Waals surface area contributed by atoms with Gasteiger partial charge in [-0.2, -0.15) is 5.10 Å². The van der Waals surface area contributed by atoms with Crippen LogP contribution >= 0.6 is 11.3 Å². The normalized spacial score (nSPS) is 17.9. The summed E-state index contributed by atoms with van der Waals surface area (Å²) in [7, 11) is 0. The van der Waals surface area contributed by atoms with E-state index in [1.54, 1.807) is 22.2 Å². The Morgan fingerprint density at radius 1 is 1.42 bits per heavy atom. The Kier molecular flexibility index (Phi) is 4.58. The maximum atomic E-state index is 11.0. The number of aryl methyl sites for hydroxylation is 1. The van der Waals surface area contributed by atoms with E-state index in [2.05, 4.69) is 36.0 Å². The average molecular weight is 440 g/mol. The van der Waals surface area contributed by atoms with E-state index in [1.165, 1.54) is 40.4 Å². The zero-order valence-corrected chi connectivity index (χ0v) is 18.9. The van der Waals surface area contributed by atoms with Crippen molar-refractivity contribution in [3.8, 4) is 0 Å². The molecule has 4 heterocycles. The Morgan fingerprint density at radius 3 is 2.94 bits per heavy atom. The van der Waals surface area contributed by atoms with Gasteiger partial charge in [0.1, 0.15) is 29.6 Å². The van der Waals surface area contributed by atoms with Crippen LogP contribution in [0.5, 0.6) is 0 Å². The lowest BCUT2D eigenvalue weighted by atomic mass is 9.70. The Balaban J connectivity index is 1.55. The van der Waals surface area contributed by atoms with Crippen LogP contribution in [-0.4, -0.2) is 34.3 Å². The molecule has 0 bridgehead atoms. The van der Waals surface area contributed by atoms with Crippen molar-refractivity contribution in [1.82, 2.24) is 29.4 Å². The van der Waals surface area contributed by atoms with Crippen molar-refractivity contribution < 1.29 is 4.92 Å². The van der Waals surface area contributed by atoms with Gasteiger partial charge in [0.2, 0.25) is 0 Å². The SMILES string of the molecule is CCC(C)(C)C1CCc2c(sc3ncn4nc(C(C)n5cc([N+](=O)[O-])cn5)nc4c23)C1. The molecule has 162 valence electrons. The van der Waals surface area contributed by atoms with Gasteiger partial charge in [-0.05, 0) is 43.1 Å². The first-order chi connectivity index (χ1) is 14.8. The Morgan fingerprint density at radius 2 is 2.23 bits per heavy atom. The zero-order chi connectivity index (χ0) is 21.9. The number of rotatable bonds is 5. The van der Waals surface area contributed by atoms with E-state index >= 15 is 0 Å². The van der Waals surface area contributed by atoms with Crippen LogP contribution in [0.2, 0.25) is 0 Å². The Bertz CT molecular complexity index is 1300. The molecular weight excluding hydrogens is 414 g/mol. The van der Waals surface area contributed by atoms with E-state index in [1.807, 2.05) is 6.92 Å². The molecule has 4 aromatic heterocycles. The van der Waals surface area contributed by atoms with Crippen molar-refractivity contribution in [3.05, 3.63) is 45.1 Å². The first kappa shape index (κ1) is 20.0. The third-order valence-corrected chi connectivity index (χ3v) is 8.15. The number of hydrogen-bond acceptors (Lipinski definition) is 7. The van der Waals surface area contributed by atoms with Gasteiger partial charge in [-0.15, -0.1) is 16.4 Å². The maximum Gasteiger partial charge on any atom is 0.307 e. The summed E-state index contributed by atoms with van der Waals surface area (Å²) in [6.45, 7) is 8.91. The van der Waals surface area contributed by atoms with Crippen LogP contribution in [0, 0.1) is 21.4 Å². The Hall–Kier alpha value is -2.88. The molecule has 0 aromatic carbocycles. The second-order valence-corrected chi connectivity index (χ2v) is 10.1. The first-order valence-corrected chi connectivity index (χ1v) is 11.4. The topological polar surface area (TPSA) is 104 Å². The highest BCUT2D eigenvalue weighted by Crippen LogP contribution is 2.45. The van der Waals surface area contributed by atoms with Crippen molar-refractivity contribution in [1.29, 1.82) is 0 Å². The Labute approximate surface area is 183 Å². The molecule has 0 saturated carbocycles. The lowest BCUT2D eigenvalue weighted by Crippen LogP contribution is -2.28. The van der Waals surface area contributed by atoms with E-state index in [9.17, 15) is 10.1 Å². The van der Waals surface area contributed by atoms with E-state index < -0.39 is 4.92 Å². The van der Waals surface area contributed by atoms with Crippen molar-refractivity contribution >= 4 is 32.9 Å². The van der Waals surface area contributed by atoms with Crippen molar-refractivity contribution in [2.45, 2.75) is 59.4 Å². The third-order valence-electron chi connectivity index (χ3n) is 6.99. The molecule has 10 heteroatoms. The lowest BCUT2D eigenvalue weighted by molar-refractivity contribution is -0.385. The summed E-state index contributed by atoms with van der Waals surface area (Å²) in [5, 5.41) is 20.8. The molecule has 1 aliphatic rings. The van der Waals surface area contributed by atoms with Gasteiger partial charge in [0.15, 0.2) is 11.5 Å². The standard InChI is InChI=1S/C21H25N7O2S/c1-5-21(3,4)13-6-7-15-16(8-13)31-20-17(15)19-24-18(25-27(19)11-22-20)12(2)26-10-14(9-23-26)28(29)30/h9-13H,5-8H2,1-4H3. The molecule has 0 aliphatic heterocycles. The molecule has 0 radical (unpaired) electrons. The van der Waals surface area contributed by atoms with E-state index in [-0.39, 0.29) is 11.7 Å². The highest BCUT2D eigenvalue weighted by molar-refractivity contribution is 7.19. The van der Waals surface area contributed by atoms with Gasteiger partial charge in [0, 0.05) is 4.88 Å². The maximum absolute atomic E-state index is 11.0. The molecule has 2 atom stereocenters. The van der Waals surface area contributed by atoms with Crippen LogP contribution < -0.4 is 0 Å². The summed E-state index contributed by atoms with van der Waals surface area (Å²) < 4.78 is 3.25. The van der Waals surface area contributed by atoms with Crippen LogP contribution in [0.1, 0.15) is 62.8 Å². The minimum atomic E-state index is -0.453. The van der Waals surface area contributed by atoms with Gasteiger partial charge < -0.3 is 0 Å². The molecule has 0 spiro atoms. The molecule has 0 amide bonds. The molecule has 0 N–H and O–H groups in total. The second-order valence-electron chi connectivity index (χ2n) is 9.06. The van der Waals surface area contributed by atoms with Gasteiger partial charge in [-0.3, -0.25) is 14.8 Å². The summed E-state index contributed by atoms with van der Waals surface area (Å²) in [5.41, 5.74) is 2.46. The largest absolute Gasteiger partial charge is 0.307 e.